The predicted octanol–water partition coefficient (Wildman–Crippen LogP) is 2.51. The predicted molar refractivity (Wildman–Crippen MR) is 60.9 cm³/mol. The first kappa shape index (κ1) is 11.4. The van der Waals surface area contributed by atoms with Crippen LogP contribution in [0.1, 0.15) is 26.2 Å². The largest absolute Gasteiger partial charge is 0.300 e. The van der Waals surface area contributed by atoms with Crippen molar-refractivity contribution in [2.24, 2.45) is 0 Å². The molecule has 0 amide bonds. The fourth-order valence-electron chi connectivity index (χ4n) is 2.05. The monoisotopic (exact) mass is 203 g/mol. The highest BCUT2D eigenvalue weighted by atomic mass is 31.1. The van der Waals surface area contributed by atoms with Crippen LogP contribution in [-0.4, -0.2) is 49.3 Å². The van der Waals surface area contributed by atoms with Crippen LogP contribution in [0.3, 0.4) is 0 Å². The van der Waals surface area contributed by atoms with E-state index >= 15 is 0 Å². The van der Waals surface area contributed by atoms with E-state index in [4.69, 9.17) is 0 Å². The third kappa shape index (κ3) is 2.65. The molecule has 0 bridgehead atoms. The van der Waals surface area contributed by atoms with E-state index in [2.05, 4.69) is 32.4 Å². The second-order valence-corrected chi connectivity index (χ2v) is 6.99. The molecule has 0 aromatic carbocycles. The van der Waals surface area contributed by atoms with Crippen LogP contribution >= 0.6 is 8.22 Å². The Kier molecular flexibility index (Phi) is 4.15. The van der Waals surface area contributed by atoms with E-state index in [-0.39, 0.29) is 8.22 Å². The molecule has 0 spiro atoms. The maximum Gasteiger partial charge on any atom is 0.180 e. The summed E-state index contributed by atoms with van der Waals surface area (Å²) in [5.74, 6) is 0. The molecule has 13 heavy (non-hydrogen) atoms. The van der Waals surface area contributed by atoms with Crippen LogP contribution in [0.2, 0.25) is 0 Å². The minimum atomic E-state index is 0.0609. The van der Waals surface area contributed by atoms with Gasteiger partial charge in [-0.3, -0.25) is 4.25 Å². The standard InChI is InChI=1S/C10H24N2P/c1-5-6-9-12(3)10-7-8-11(2)13(12)4/h5-10H2,1-4H3/q+1. The maximum absolute atomic E-state index is 2.56. The summed E-state index contributed by atoms with van der Waals surface area (Å²) in [6.45, 7) is 8.81. The van der Waals surface area contributed by atoms with E-state index in [0.29, 0.717) is 0 Å². The van der Waals surface area contributed by atoms with Gasteiger partial charge in [-0.25, -0.2) is 4.67 Å². The van der Waals surface area contributed by atoms with Crippen molar-refractivity contribution >= 4 is 8.22 Å². The third-order valence-electron chi connectivity index (χ3n) is 3.31. The molecule has 3 heteroatoms. The summed E-state index contributed by atoms with van der Waals surface area (Å²) in [4.78, 5) is 0. The summed E-state index contributed by atoms with van der Waals surface area (Å²) in [6.07, 6.45) is 4.10. The van der Waals surface area contributed by atoms with Crippen molar-refractivity contribution < 1.29 is 4.25 Å². The lowest BCUT2D eigenvalue weighted by molar-refractivity contribution is -0.792. The molecule has 1 heterocycles. The van der Waals surface area contributed by atoms with Gasteiger partial charge in [-0.2, -0.15) is 0 Å². The lowest BCUT2D eigenvalue weighted by Crippen LogP contribution is -2.48. The average Bonchev–Trinajstić information content (AvgIpc) is 2.11. The number of unbranched alkanes of at least 4 members (excludes halogenated alkanes) is 1. The fraction of sp³-hybridized carbons (Fsp3) is 1.00. The van der Waals surface area contributed by atoms with Gasteiger partial charge in [-0.15, -0.1) is 0 Å². The molecule has 0 radical (unpaired) electrons. The van der Waals surface area contributed by atoms with Gasteiger partial charge in [0, 0.05) is 19.6 Å². The summed E-state index contributed by atoms with van der Waals surface area (Å²) in [7, 11) is 4.79. The second kappa shape index (κ2) is 4.72. The van der Waals surface area contributed by atoms with Gasteiger partial charge in [0.2, 0.25) is 0 Å². The highest BCUT2D eigenvalue weighted by molar-refractivity contribution is 7.48. The Morgan fingerprint density at radius 3 is 2.77 bits per heavy atom. The third-order valence-corrected chi connectivity index (χ3v) is 6.29. The van der Waals surface area contributed by atoms with Gasteiger partial charge in [0.05, 0.1) is 20.1 Å². The molecule has 1 saturated heterocycles. The Bertz CT molecular complexity index is 163. The molecule has 1 rings (SSSR count). The van der Waals surface area contributed by atoms with E-state index in [1.165, 1.54) is 43.2 Å². The number of hydrogen-bond donors (Lipinski definition) is 0. The van der Waals surface area contributed by atoms with E-state index in [0.717, 1.165) is 0 Å². The van der Waals surface area contributed by atoms with Crippen LogP contribution in [0.5, 0.6) is 0 Å². The zero-order valence-electron chi connectivity index (χ0n) is 9.58. The molecule has 0 aromatic heterocycles. The van der Waals surface area contributed by atoms with Crippen molar-refractivity contribution in [2.45, 2.75) is 26.2 Å². The lowest BCUT2D eigenvalue weighted by atomic mass is 10.3. The molecule has 0 aromatic rings. The lowest BCUT2D eigenvalue weighted by Gasteiger charge is -2.46. The molecule has 2 unspecified atom stereocenters. The molecule has 0 aliphatic carbocycles. The average molecular weight is 203 g/mol. The van der Waals surface area contributed by atoms with Crippen LogP contribution in [-0.2, 0) is 0 Å². The first-order valence-electron chi connectivity index (χ1n) is 5.40. The Hall–Kier alpha value is 0.350. The summed E-state index contributed by atoms with van der Waals surface area (Å²) in [6, 6.07) is 0. The molecule has 0 N–H and O–H groups in total. The SMILES string of the molecule is CCCC[N+]1(C)CCCN(C)P1C. The number of nitrogens with zero attached hydrogens (tertiary/aromatic N) is 2. The molecular weight excluding hydrogens is 179 g/mol. The minimum Gasteiger partial charge on any atom is -0.300 e. The first-order valence-corrected chi connectivity index (χ1v) is 7.09. The van der Waals surface area contributed by atoms with Gasteiger partial charge < -0.3 is 0 Å². The molecule has 2 atom stereocenters. The quantitative estimate of drug-likeness (QED) is 0.637. The Morgan fingerprint density at radius 2 is 2.15 bits per heavy atom. The molecule has 1 aliphatic heterocycles. The van der Waals surface area contributed by atoms with Crippen LogP contribution in [0.25, 0.3) is 0 Å². The van der Waals surface area contributed by atoms with E-state index < -0.39 is 0 Å². The second-order valence-electron chi connectivity index (χ2n) is 4.36. The van der Waals surface area contributed by atoms with Crippen LogP contribution < -0.4 is 0 Å². The van der Waals surface area contributed by atoms with Crippen molar-refractivity contribution in [3.05, 3.63) is 0 Å². The topological polar surface area (TPSA) is 3.24 Å². The van der Waals surface area contributed by atoms with Crippen LogP contribution in [0, 0.1) is 0 Å². The molecule has 1 fully saturated rings. The molecule has 78 valence electrons. The van der Waals surface area contributed by atoms with E-state index in [1.54, 1.807) is 0 Å². The van der Waals surface area contributed by atoms with Gasteiger partial charge in [-0.1, -0.05) is 13.3 Å². The van der Waals surface area contributed by atoms with Gasteiger partial charge in [0.1, 0.15) is 0 Å². The summed E-state index contributed by atoms with van der Waals surface area (Å²) >= 11 is 0. The van der Waals surface area contributed by atoms with Crippen molar-refractivity contribution in [2.75, 3.05) is 40.4 Å². The van der Waals surface area contributed by atoms with E-state index in [9.17, 15) is 0 Å². The van der Waals surface area contributed by atoms with Gasteiger partial charge >= 0.3 is 0 Å². The van der Waals surface area contributed by atoms with E-state index in [1.807, 2.05) is 0 Å². The van der Waals surface area contributed by atoms with Crippen LogP contribution in [0.15, 0.2) is 0 Å². The van der Waals surface area contributed by atoms with Crippen molar-refractivity contribution in [1.29, 1.82) is 0 Å². The summed E-state index contributed by atoms with van der Waals surface area (Å²) < 4.78 is 3.88. The van der Waals surface area contributed by atoms with Crippen molar-refractivity contribution in [3.63, 3.8) is 0 Å². The van der Waals surface area contributed by atoms with Crippen molar-refractivity contribution in [1.82, 2.24) is 4.67 Å². The van der Waals surface area contributed by atoms with Gasteiger partial charge in [0.25, 0.3) is 0 Å². The fourth-order valence-corrected chi connectivity index (χ4v) is 4.08. The van der Waals surface area contributed by atoms with Gasteiger partial charge in [0.15, 0.2) is 8.22 Å². The summed E-state index contributed by atoms with van der Waals surface area (Å²) in [5, 5.41) is 0. The minimum absolute atomic E-state index is 0.0609. The summed E-state index contributed by atoms with van der Waals surface area (Å²) in [5.41, 5.74) is 0. The Balaban J connectivity index is 2.53. The molecular formula is C10H24N2P+. The molecule has 2 nitrogen and oxygen atoms in total. The highest BCUT2D eigenvalue weighted by Gasteiger charge is 2.35. The Labute approximate surface area is 84.4 Å². The number of rotatable bonds is 3. The number of quaternary nitrogens is 1. The van der Waals surface area contributed by atoms with Crippen LogP contribution in [0.4, 0.5) is 0 Å². The maximum atomic E-state index is 2.56. The highest BCUT2D eigenvalue weighted by Crippen LogP contribution is 2.48. The number of hydrogen-bond acceptors (Lipinski definition) is 1. The first-order chi connectivity index (χ1) is 6.10. The van der Waals surface area contributed by atoms with Gasteiger partial charge in [-0.05, 0) is 13.5 Å². The smallest absolute Gasteiger partial charge is 0.180 e. The van der Waals surface area contributed by atoms with Crippen molar-refractivity contribution in [3.8, 4) is 0 Å². The zero-order valence-corrected chi connectivity index (χ0v) is 10.5. The molecule has 0 saturated carbocycles. The Morgan fingerprint density at radius 1 is 1.46 bits per heavy atom. The normalized spacial score (nSPS) is 36.5. The zero-order chi connectivity index (χ0) is 9.90. The molecule has 1 aliphatic rings.